The SMILES string of the molecule is O=c1cc(-c2ccc(O)c(O)c2)oc2cc(O[C@@H]3OC(CO)[C@@H](O)C(O)[C@@H]3O)ccc12. The van der Waals surface area contributed by atoms with E-state index in [0.29, 0.717) is 5.56 Å². The Balaban J connectivity index is 1.67. The number of aliphatic hydroxyl groups is 4. The molecule has 4 rings (SSSR count). The van der Waals surface area contributed by atoms with Gasteiger partial charge in [0.2, 0.25) is 6.29 Å². The van der Waals surface area contributed by atoms with Crippen molar-refractivity contribution in [3.05, 3.63) is 52.7 Å². The van der Waals surface area contributed by atoms with Crippen molar-refractivity contribution in [3.63, 3.8) is 0 Å². The molecule has 2 unspecified atom stereocenters. The highest BCUT2D eigenvalue weighted by molar-refractivity contribution is 5.80. The van der Waals surface area contributed by atoms with E-state index in [1.807, 2.05) is 0 Å². The van der Waals surface area contributed by atoms with Crippen molar-refractivity contribution in [1.29, 1.82) is 0 Å². The van der Waals surface area contributed by atoms with Crippen LogP contribution in [0.15, 0.2) is 51.7 Å². The van der Waals surface area contributed by atoms with Gasteiger partial charge in [0, 0.05) is 17.7 Å². The van der Waals surface area contributed by atoms with Gasteiger partial charge in [-0.25, -0.2) is 0 Å². The number of aromatic hydroxyl groups is 2. The summed E-state index contributed by atoms with van der Waals surface area (Å²) >= 11 is 0. The van der Waals surface area contributed by atoms with Crippen LogP contribution in [-0.2, 0) is 4.74 Å². The zero-order valence-corrected chi connectivity index (χ0v) is 16.0. The summed E-state index contributed by atoms with van der Waals surface area (Å²) in [6.07, 6.45) is -7.22. The monoisotopic (exact) mass is 432 g/mol. The number of aliphatic hydroxyl groups excluding tert-OH is 4. The highest BCUT2D eigenvalue weighted by Gasteiger charge is 2.44. The third-order valence-electron chi connectivity index (χ3n) is 5.06. The van der Waals surface area contributed by atoms with E-state index in [1.54, 1.807) is 0 Å². The fourth-order valence-electron chi connectivity index (χ4n) is 3.33. The molecule has 10 heteroatoms. The fraction of sp³-hybridized carbons (Fsp3) is 0.286. The Labute approximate surface area is 174 Å². The molecule has 5 atom stereocenters. The molecule has 10 nitrogen and oxygen atoms in total. The van der Waals surface area contributed by atoms with Crippen LogP contribution in [0, 0.1) is 0 Å². The summed E-state index contributed by atoms with van der Waals surface area (Å²) in [7, 11) is 0. The smallest absolute Gasteiger partial charge is 0.229 e. The molecule has 3 aromatic rings. The van der Waals surface area contributed by atoms with Crippen molar-refractivity contribution in [2.75, 3.05) is 6.61 Å². The predicted molar refractivity (Wildman–Crippen MR) is 106 cm³/mol. The second-order valence-electron chi connectivity index (χ2n) is 7.15. The average Bonchev–Trinajstić information content (AvgIpc) is 2.75. The van der Waals surface area contributed by atoms with Crippen LogP contribution in [0.1, 0.15) is 0 Å². The largest absolute Gasteiger partial charge is 0.504 e. The van der Waals surface area contributed by atoms with Crippen LogP contribution < -0.4 is 10.2 Å². The molecule has 0 spiro atoms. The number of hydrogen-bond acceptors (Lipinski definition) is 10. The lowest BCUT2D eigenvalue weighted by molar-refractivity contribution is -0.277. The lowest BCUT2D eigenvalue weighted by Crippen LogP contribution is -2.60. The molecule has 1 aromatic heterocycles. The summed E-state index contributed by atoms with van der Waals surface area (Å²) in [4.78, 5) is 12.5. The summed E-state index contributed by atoms with van der Waals surface area (Å²) in [5.41, 5.74) is 0.134. The van der Waals surface area contributed by atoms with Crippen LogP contribution in [0.5, 0.6) is 17.2 Å². The van der Waals surface area contributed by atoms with Crippen molar-refractivity contribution >= 4 is 11.0 Å². The van der Waals surface area contributed by atoms with Gasteiger partial charge in [-0.3, -0.25) is 4.79 Å². The summed E-state index contributed by atoms with van der Waals surface area (Å²) in [6.45, 7) is -0.597. The first-order valence-electron chi connectivity index (χ1n) is 9.36. The second kappa shape index (κ2) is 8.17. The van der Waals surface area contributed by atoms with Crippen LogP contribution in [0.3, 0.4) is 0 Å². The first kappa shape index (κ1) is 21.1. The standard InChI is InChI=1S/C21H20O10/c22-8-17-18(26)19(27)20(28)21(31-17)29-10-2-3-11-13(24)7-15(30-16(11)6-10)9-1-4-12(23)14(25)5-9/h1-7,17-23,25-28H,8H2/t17?,18-,19?,20+,21-/m1/s1. The minimum atomic E-state index is -1.59. The normalized spacial score (nSPS) is 26.1. The lowest BCUT2D eigenvalue weighted by Gasteiger charge is -2.39. The van der Waals surface area contributed by atoms with Gasteiger partial charge in [0.15, 0.2) is 16.9 Å². The van der Waals surface area contributed by atoms with Crippen molar-refractivity contribution in [2.24, 2.45) is 0 Å². The lowest BCUT2D eigenvalue weighted by atomic mass is 9.99. The Kier molecular flexibility index (Phi) is 5.56. The van der Waals surface area contributed by atoms with Gasteiger partial charge in [-0.05, 0) is 30.3 Å². The van der Waals surface area contributed by atoms with Gasteiger partial charge in [0.25, 0.3) is 0 Å². The molecule has 164 valence electrons. The number of hydrogen-bond donors (Lipinski definition) is 6. The zero-order valence-electron chi connectivity index (χ0n) is 16.0. The number of phenols is 2. The van der Waals surface area contributed by atoms with E-state index in [0.717, 1.165) is 0 Å². The molecule has 0 radical (unpaired) electrons. The van der Waals surface area contributed by atoms with Crippen LogP contribution in [0.25, 0.3) is 22.3 Å². The number of fused-ring (bicyclic) bond motifs is 1. The minimum Gasteiger partial charge on any atom is -0.504 e. The summed E-state index contributed by atoms with van der Waals surface area (Å²) in [5, 5.41) is 58.5. The topological polar surface area (TPSA) is 170 Å². The van der Waals surface area contributed by atoms with Gasteiger partial charge in [-0.1, -0.05) is 0 Å². The maximum Gasteiger partial charge on any atom is 0.229 e. The maximum atomic E-state index is 12.5. The van der Waals surface area contributed by atoms with Crippen molar-refractivity contribution in [1.82, 2.24) is 0 Å². The quantitative estimate of drug-likeness (QED) is 0.310. The average molecular weight is 432 g/mol. The Morgan fingerprint density at radius 2 is 1.68 bits per heavy atom. The van der Waals surface area contributed by atoms with E-state index in [4.69, 9.17) is 13.9 Å². The van der Waals surface area contributed by atoms with E-state index >= 15 is 0 Å². The van der Waals surface area contributed by atoms with Gasteiger partial charge >= 0.3 is 0 Å². The van der Waals surface area contributed by atoms with Crippen molar-refractivity contribution in [3.8, 4) is 28.6 Å². The Hall–Kier alpha value is -3.15. The minimum absolute atomic E-state index is 0.130. The highest BCUT2D eigenvalue weighted by atomic mass is 16.7. The molecular formula is C21H20O10. The molecule has 1 fully saturated rings. The van der Waals surface area contributed by atoms with Crippen LogP contribution in [-0.4, -0.2) is 68.0 Å². The molecule has 0 saturated carbocycles. The molecule has 1 saturated heterocycles. The third kappa shape index (κ3) is 3.94. The van der Waals surface area contributed by atoms with Crippen molar-refractivity contribution < 1.29 is 44.5 Å². The fourth-order valence-corrected chi connectivity index (χ4v) is 3.33. The van der Waals surface area contributed by atoms with Gasteiger partial charge in [-0.2, -0.15) is 0 Å². The molecule has 0 aliphatic carbocycles. The number of rotatable bonds is 4. The third-order valence-corrected chi connectivity index (χ3v) is 5.06. The molecule has 1 aliphatic heterocycles. The molecule has 2 heterocycles. The maximum absolute atomic E-state index is 12.5. The van der Waals surface area contributed by atoms with E-state index in [1.165, 1.54) is 42.5 Å². The van der Waals surface area contributed by atoms with Crippen LogP contribution >= 0.6 is 0 Å². The Morgan fingerprint density at radius 1 is 0.903 bits per heavy atom. The molecule has 0 bridgehead atoms. The second-order valence-corrected chi connectivity index (χ2v) is 7.15. The summed E-state index contributed by atoms with van der Waals surface area (Å²) in [6, 6.07) is 9.47. The summed E-state index contributed by atoms with van der Waals surface area (Å²) < 4.78 is 16.6. The Morgan fingerprint density at radius 3 is 2.39 bits per heavy atom. The van der Waals surface area contributed by atoms with E-state index in [-0.39, 0.29) is 39.4 Å². The number of benzene rings is 2. The molecule has 31 heavy (non-hydrogen) atoms. The van der Waals surface area contributed by atoms with Crippen LogP contribution in [0.4, 0.5) is 0 Å². The first-order chi connectivity index (χ1) is 14.8. The predicted octanol–water partition coefficient (Wildman–Crippen LogP) is 0.0499. The summed E-state index contributed by atoms with van der Waals surface area (Å²) in [5.74, 6) is -0.425. The molecular weight excluding hydrogens is 412 g/mol. The number of ether oxygens (including phenoxy) is 2. The van der Waals surface area contributed by atoms with Crippen molar-refractivity contribution in [2.45, 2.75) is 30.7 Å². The Bertz CT molecular complexity index is 1150. The zero-order chi connectivity index (χ0) is 22.3. The van der Waals surface area contributed by atoms with Gasteiger partial charge < -0.3 is 44.5 Å². The molecule has 2 aromatic carbocycles. The molecule has 6 N–H and O–H groups in total. The molecule has 1 aliphatic rings. The van der Waals surface area contributed by atoms with Crippen LogP contribution in [0.2, 0.25) is 0 Å². The van der Waals surface area contributed by atoms with Gasteiger partial charge in [0.05, 0.1) is 12.0 Å². The van der Waals surface area contributed by atoms with E-state index in [2.05, 4.69) is 0 Å². The van der Waals surface area contributed by atoms with E-state index < -0.39 is 37.3 Å². The van der Waals surface area contributed by atoms with Gasteiger partial charge in [-0.15, -0.1) is 0 Å². The number of phenolic OH excluding ortho intramolecular Hbond substituents is 2. The van der Waals surface area contributed by atoms with E-state index in [9.17, 15) is 35.4 Å². The first-order valence-corrected chi connectivity index (χ1v) is 9.36. The van der Waals surface area contributed by atoms with Gasteiger partial charge in [0.1, 0.15) is 41.5 Å². The highest BCUT2D eigenvalue weighted by Crippen LogP contribution is 2.32. The molecule has 0 amide bonds.